The summed E-state index contributed by atoms with van der Waals surface area (Å²) in [4.78, 5) is 17.2. The number of nitrogens with one attached hydrogen (secondary N) is 1. The molecule has 1 amide bonds. The predicted molar refractivity (Wildman–Crippen MR) is 116 cm³/mol. The molecule has 3 fully saturated rings. The molecule has 4 rings (SSSR count). The first kappa shape index (κ1) is 19.8. The first-order valence-corrected chi connectivity index (χ1v) is 11.4. The minimum absolute atomic E-state index is 0.281. The van der Waals surface area contributed by atoms with E-state index in [1.165, 1.54) is 81.5 Å². The van der Waals surface area contributed by atoms with Crippen molar-refractivity contribution in [1.29, 1.82) is 0 Å². The molecule has 1 aliphatic carbocycles. The number of amides is 1. The Kier molecular flexibility index (Phi) is 6.25. The van der Waals surface area contributed by atoms with Crippen molar-refractivity contribution < 1.29 is 4.79 Å². The normalized spacial score (nSPS) is 22.4. The molecular weight excluding hydrogens is 346 g/mol. The number of hydrogen-bond donors (Lipinski definition) is 1. The maximum Gasteiger partial charge on any atom is 0.220 e. The van der Waals surface area contributed by atoms with Crippen LogP contribution in [0.4, 0.5) is 5.69 Å². The molecule has 0 radical (unpaired) electrons. The Labute approximate surface area is 170 Å². The van der Waals surface area contributed by atoms with Crippen LogP contribution in [0.15, 0.2) is 18.2 Å². The molecule has 154 valence electrons. The second-order valence-corrected chi connectivity index (χ2v) is 9.42. The van der Waals surface area contributed by atoms with Gasteiger partial charge in [0, 0.05) is 37.3 Å². The van der Waals surface area contributed by atoms with Gasteiger partial charge in [-0.3, -0.25) is 4.79 Å². The number of carbonyl (C=O) groups excluding carboxylic acids is 1. The number of rotatable bonds is 6. The van der Waals surface area contributed by atoms with Gasteiger partial charge in [0.2, 0.25) is 5.91 Å². The number of hydrogen-bond acceptors (Lipinski definition) is 3. The average Bonchev–Trinajstić information content (AvgIpc) is 3.50. The lowest BCUT2D eigenvalue weighted by atomic mass is 9.90. The maximum absolute atomic E-state index is 11.9. The number of benzene rings is 1. The Balaban J connectivity index is 1.18. The lowest BCUT2D eigenvalue weighted by Gasteiger charge is -2.42. The standard InChI is InChI=1S/C24H37N3O/c1-18-15-19(2)17-23(16-18)27-13-9-22(10-14-27)26-11-7-20(8-12-26)3-6-24(28)25-21-4-5-21/h15-17,20-22H,3-14H2,1-2H3,(H,25,28). The van der Waals surface area contributed by atoms with Crippen molar-refractivity contribution in [3.05, 3.63) is 29.3 Å². The highest BCUT2D eigenvalue weighted by atomic mass is 16.1. The molecule has 1 saturated carbocycles. The highest BCUT2D eigenvalue weighted by molar-refractivity contribution is 5.76. The second kappa shape index (κ2) is 8.86. The number of likely N-dealkylation sites (tertiary alicyclic amines) is 1. The maximum atomic E-state index is 11.9. The quantitative estimate of drug-likeness (QED) is 0.805. The van der Waals surface area contributed by atoms with Crippen LogP contribution >= 0.6 is 0 Å². The van der Waals surface area contributed by atoms with Gasteiger partial charge in [-0.2, -0.15) is 0 Å². The minimum Gasteiger partial charge on any atom is -0.371 e. The molecule has 0 aromatic heterocycles. The fourth-order valence-corrected chi connectivity index (χ4v) is 5.09. The number of piperidine rings is 2. The van der Waals surface area contributed by atoms with E-state index < -0.39 is 0 Å². The van der Waals surface area contributed by atoms with Gasteiger partial charge in [-0.15, -0.1) is 0 Å². The highest BCUT2D eigenvalue weighted by Gasteiger charge is 2.29. The lowest BCUT2D eigenvalue weighted by Crippen LogP contribution is -2.47. The first-order valence-electron chi connectivity index (χ1n) is 11.4. The van der Waals surface area contributed by atoms with E-state index >= 15 is 0 Å². The highest BCUT2D eigenvalue weighted by Crippen LogP contribution is 2.29. The Hall–Kier alpha value is -1.55. The van der Waals surface area contributed by atoms with Crippen LogP contribution in [0.25, 0.3) is 0 Å². The van der Waals surface area contributed by atoms with E-state index in [2.05, 4.69) is 47.2 Å². The largest absolute Gasteiger partial charge is 0.371 e. The van der Waals surface area contributed by atoms with Crippen molar-refractivity contribution in [3.63, 3.8) is 0 Å². The Morgan fingerprint density at radius 1 is 0.929 bits per heavy atom. The molecule has 2 heterocycles. The summed E-state index contributed by atoms with van der Waals surface area (Å²) in [5.41, 5.74) is 4.13. The van der Waals surface area contributed by atoms with E-state index in [4.69, 9.17) is 0 Å². The van der Waals surface area contributed by atoms with Gasteiger partial charge in [0.1, 0.15) is 0 Å². The number of anilines is 1. The summed E-state index contributed by atoms with van der Waals surface area (Å²) < 4.78 is 0. The number of carbonyl (C=O) groups is 1. The van der Waals surface area contributed by atoms with E-state index in [1.54, 1.807) is 0 Å². The summed E-state index contributed by atoms with van der Waals surface area (Å²) in [5.74, 6) is 1.03. The van der Waals surface area contributed by atoms with Crippen LogP contribution in [0.3, 0.4) is 0 Å². The molecule has 1 aromatic rings. The van der Waals surface area contributed by atoms with Gasteiger partial charge in [0.15, 0.2) is 0 Å². The molecule has 0 atom stereocenters. The van der Waals surface area contributed by atoms with Gasteiger partial charge in [-0.1, -0.05) is 6.07 Å². The summed E-state index contributed by atoms with van der Waals surface area (Å²) in [6.07, 6.45) is 9.29. The molecule has 4 heteroatoms. The van der Waals surface area contributed by atoms with Crippen molar-refractivity contribution in [3.8, 4) is 0 Å². The van der Waals surface area contributed by atoms with Crippen molar-refractivity contribution in [2.24, 2.45) is 5.92 Å². The van der Waals surface area contributed by atoms with Crippen molar-refractivity contribution in [2.45, 2.75) is 77.3 Å². The van der Waals surface area contributed by atoms with Crippen LogP contribution in [0.2, 0.25) is 0 Å². The van der Waals surface area contributed by atoms with E-state index in [9.17, 15) is 4.79 Å². The number of aryl methyl sites for hydroxylation is 2. The summed E-state index contributed by atoms with van der Waals surface area (Å²) in [7, 11) is 0. The van der Waals surface area contributed by atoms with Crippen LogP contribution in [-0.2, 0) is 4.79 Å². The third-order valence-electron chi connectivity index (χ3n) is 6.92. The zero-order chi connectivity index (χ0) is 19.5. The van der Waals surface area contributed by atoms with Crippen LogP contribution in [-0.4, -0.2) is 49.1 Å². The summed E-state index contributed by atoms with van der Waals surface area (Å²) >= 11 is 0. The minimum atomic E-state index is 0.281. The fraction of sp³-hybridized carbons (Fsp3) is 0.708. The topological polar surface area (TPSA) is 35.6 Å². The molecule has 0 bridgehead atoms. The second-order valence-electron chi connectivity index (χ2n) is 9.42. The molecule has 2 saturated heterocycles. The molecular formula is C24H37N3O. The predicted octanol–water partition coefficient (Wildman–Crippen LogP) is 4.04. The third-order valence-corrected chi connectivity index (χ3v) is 6.92. The Morgan fingerprint density at radius 3 is 2.18 bits per heavy atom. The smallest absolute Gasteiger partial charge is 0.220 e. The SMILES string of the molecule is Cc1cc(C)cc(N2CCC(N3CCC(CCC(=O)NC4CC4)CC3)CC2)c1. The van der Waals surface area contributed by atoms with Gasteiger partial charge in [-0.05, 0) is 101 Å². The molecule has 0 unspecified atom stereocenters. The number of nitrogens with zero attached hydrogens (tertiary/aromatic N) is 2. The first-order chi connectivity index (χ1) is 13.6. The van der Waals surface area contributed by atoms with Crippen LogP contribution in [0, 0.1) is 19.8 Å². The zero-order valence-electron chi connectivity index (χ0n) is 17.8. The molecule has 1 N–H and O–H groups in total. The lowest BCUT2D eigenvalue weighted by molar-refractivity contribution is -0.121. The summed E-state index contributed by atoms with van der Waals surface area (Å²) in [6, 6.07) is 8.18. The van der Waals surface area contributed by atoms with Crippen molar-refractivity contribution in [1.82, 2.24) is 10.2 Å². The molecule has 0 spiro atoms. The van der Waals surface area contributed by atoms with E-state index in [0.717, 1.165) is 24.8 Å². The van der Waals surface area contributed by atoms with Gasteiger partial charge >= 0.3 is 0 Å². The molecule has 3 aliphatic rings. The fourth-order valence-electron chi connectivity index (χ4n) is 5.09. The molecule has 2 aliphatic heterocycles. The average molecular weight is 384 g/mol. The Morgan fingerprint density at radius 2 is 1.57 bits per heavy atom. The van der Waals surface area contributed by atoms with Gasteiger partial charge in [0.05, 0.1) is 0 Å². The van der Waals surface area contributed by atoms with E-state index in [0.29, 0.717) is 6.04 Å². The van der Waals surface area contributed by atoms with Crippen LogP contribution in [0.1, 0.15) is 62.5 Å². The van der Waals surface area contributed by atoms with Gasteiger partial charge in [-0.25, -0.2) is 0 Å². The van der Waals surface area contributed by atoms with Crippen LogP contribution in [0.5, 0.6) is 0 Å². The summed E-state index contributed by atoms with van der Waals surface area (Å²) in [5, 5.41) is 3.12. The summed E-state index contributed by atoms with van der Waals surface area (Å²) in [6.45, 7) is 9.20. The third kappa shape index (κ3) is 5.28. The van der Waals surface area contributed by atoms with E-state index in [-0.39, 0.29) is 5.91 Å². The van der Waals surface area contributed by atoms with Crippen molar-refractivity contribution >= 4 is 11.6 Å². The van der Waals surface area contributed by atoms with Crippen LogP contribution < -0.4 is 10.2 Å². The Bertz CT molecular complexity index is 648. The van der Waals surface area contributed by atoms with Crippen molar-refractivity contribution in [2.75, 3.05) is 31.1 Å². The monoisotopic (exact) mass is 383 g/mol. The zero-order valence-corrected chi connectivity index (χ0v) is 17.8. The molecule has 28 heavy (non-hydrogen) atoms. The molecule has 1 aromatic carbocycles. The van der Waals surface area contributed by atoms with Gasteiger partial charge in [0.25, 0.3) is 0 Å². The van der Waals surface area contributed by atoms with E-state index in [1.807, 2.05) is 0 Å². The van der Waals surface area contributed by atoms with Gasteiger partial charge < -0.3 is 15.1 Å². The molecule has 4 nitrogen and oxygen atoms in total.